The minimum atomic E-state index is -5.86. The first-order chi connectivity index (χ1) is 16.9. The van der Waals surface area contributed by atoms with E-state index >= 15 is 0 Å². The summed E-state index contributed by atoms with van der Waals surface area (Å²) in [6.45, 7) is -2.58. The van der Waals surface area contributed by atoms with Crippen molar-refractivity contribution in [3.63, 3.8) is 0 Å². The number of H-pyrrole nitrogens is 1. The molecule has 9 N–H and O–H groups in total. The lowest BCUT2D eigenvalue weighted by Gasteiger charge is -2.26. The molecule has 0 saturated carbocycles. The SMILES string of the molecule is Nc1nc2c(c(F)cn2[C@@H]2O[C@H](COP(=O)(O)OP(=O)(O)OP(=O)(O)O)[C@H](O)C2(O)C#CCF)c(=O)[nH]1. The quantitative estimate of drug-likeness (QED) is 0.130. The minimum absolute atomic E-state index is 0.488. The van der Waals surface area contributed by atoms with Gasteiger partial charge in [0.15, 0.2) is 23.3 Å². The number of aromatic nitrogens is 3. The van der Waals surface area contributed by atoms with E-state index in [1.54, 1.807) is 0 Å². The number of nitrogens with two attached hydrogens (primary N) is 1. The summed E-state index contributed by atoms with van der Waals surface area (Å²) in [6.07, 6.45) is -5.47. The molecule has 6 atom stereocenters. The van der Waals surface area contributed by atoms with Crippen LogP contribution in [-0.2, 0) is 31.6 Å². The fourth-order valence-electron chi connectivity index (χ4n) is 3.27. The van der Waals surface area contributed by atoms with Crippen molar-refractivity contribution in [3.05, 3.63) is 22.4 Å². The Morgan fingerprint density at radius 2 is 1.89 bits per heavy atom. The number of aliphatic hydroxyl groups excluding tert-OH is 1. The lowest BCUT2D eigenvalue weighted by molar-refractivity contribution is -0.0718. The number of hydrogen-bond acceptors (Lipinski definition) is 12. The van der Waals surface area contributed by atoms with Crippen molar-refractivity contribution >= 4 is 40.4 Å². The largest absolute Gasteiger partial charge is 0.490 e. The molecular formula is C14H17F2N4O14P3. The number of phosphoric ester groups is 1. The Morgan fingerprint density at radius 3 is 2.49 bits per heavy atom. The lowest BCUT2D eigenvalue weighted by atomic mass is 9.94. The summed E-state index contributed by atoms with van der Waals surface area (Å²) in [6, 6.07) is 0. The van der Waals surface area contributed by atoms with Crippen molar-refractivity contribution < 1.29 is 70.1 Å². The highest BCUT2D eigenvalue weighted by atomic mass is 31.3. The van der Waals surface area contributed by atoms with Gasteiger partial charge in [-0.25, -0.2) is 22.5 Å². The van der Waals surface area contributed by atoms with Gasteiger partial charge < -0.3 is 40.3 Å². The van der Waals surface area contributed by atoms with E-state index in [0.717, 1.165) is 0 Å². The number of halogens is 2. The third-order valence-corrected chi connectivity index (χ3v) is 8.37. The fourth-order valence-corrected chi connectivity index (χ4v) is 6.30. The zero-order valence-corrected chi connectivity index (χ0v) is 20.4. The van der Waals surface area contributed by atoms with Crippen LogP contribution in [0.1, 0.15) is 6.23 Å². The summed E-state index contributed by atoms with van der Waals surface area (Å²) >= 11 is 0. The molecule has 2 aromatic heterocycles. The van der Waals surface area contributed by atoms with E-state index in [4.69, 9.17) is 20.3 Å². The zero-order chi connectivity index (χ0) is 28.0. The van der Waals surface area contributed by atoms with Crippen molar-refractivity contribution in [2.75, 3.05) is 19.0 Å². The second-order valence-electron chi connectivity index (χ2n) is 7.15. The smallest absolute Gasteiger partial charge is 0.386 e. The Balaban J connectivity index is 1.93. The maximum absolute atomic E-state index is 14.5. The fraction of sp³-hybridized carbons (Fsp3) is 0.429. The molecular weight excluding hydrogens is 579 g/mol. The van der Waals surface area contributed by atoms with E-state index in [1.165, 1.54) is 0 Å². The molecule has 23 heteroatoms. The second kappa shape index (κ2) is 10.2. The third kappa shape index (κ3) is 6.50. The molecule has 0 bridgehead atoms. The first-order valence-electron chi connectivity index (χ1n) is 9.35. The number of fused-ring (bicyclic) bond motifs is 1. The topological polar surface area (TPSA) is 286 Å². The van der Waals surface area contributed by atoms with Crippen LogP contribution in [0.5, 0.6) is 0 Å². The molecule has 206 valence electrons. The summed E-state index contributed by atoms with van der Waals surface area (Å²) in [5.41, 5.74) is 1.13. The van der Waals surface area contributed by atoms with Crippen molar-refractivity contribution in [1.29, 1.82) is 0 Å². The summed E-state index contributed by atoms with van der Waals surface area (Å²) in [5.74, 6) is 2.12. The summed E-state index contributed by atoms with van der Waals surface area (Å²) in [4.78, 5) is 53.7. The summed E-state index contributed by atoms with van der Waals surface area (Å²) < 4.78 is 78.8. The molecule has 18 nitrogen and oxygen atoms in total. The molecule has 37 heavy (non-hydrogen) atoms. The molecule has 0 amide bonds. The molecule has 3 heterocycles. The van der Waals surface area contributed by atoms with Gasteiger partial charge in [0.25, 0.3) is 5.56 Å². The van der Waals surface area contributed by atoms with Crippen molar-refractivity contribution in [2.24, 2.45) is 0 Å². The van der Waals surface area contributed by atoms with Crippen LogP contribution in [0.25, 0.3) is 11.0 Å². The number of nitrogen functional groups attached to an aromatic ring is 1. The maximum atomic E-state index is 14.5. The van der Waals surface area contributed by atoms with Gasteiger partial charge in [-0.2, -0.15) is 13.6 Å². The Morgan fingerprint density at radius 1 is 1.24 bits per heavy atom. The molecule has 1 aliphatic rings. The van der Waals surface area contributed by atoms with Crippen LogP contribution >= 0.6 is 23.5 Å². The highest BCUT2D eigenvalue weighted by Gasteiger charge is 2.57. The van der Waals surface area contributed by atoms with E-state index < -0.39 is 89.1 Å². The van der Waals surface area contributed by atoms with E-state index in [9.17, 15) is 47.3 Å². The van der Waals surface area contributed by atoms with Crippen molar-refractivity contribution in [2.45, 2.75) is 24.0 Å². The first kappa shape index (κ1) is 29.5. The normalized spacial score (nSPS) is 27.4. The van der Waals surface area contributed by atoms with E-state index in [1.807, 2.05) is 16.8 Å². The monoisotopic (exact) mass is 596 g/mol. The number of hydrogen-bond donors (Lipinski definition) is 8. The number of nitrogens with zero attached hydrogens (tertiary/aromatic N) is 2. The number of nitrogens with one attached hydrogen (secondary N) is 1. The van der Waals surface area contributed by atoms with Crippen LogP contribution in [0.15, 0.2) is 11.0 Å². The molecule has 0 spiro atoms. The molecule has 1 aliphatic heterocycles. The number of aliphatic hydroxyl groups is 2. The van der Waals surface area contributed by atoms with Gasteiger partial charge in [0.1, 0.15) is 24.3 Å². The number of alkyl halides is 1. The summed E-state index contributed by atoms with van der Waals surface area (Å²) in [5, 5.41) is 21.0. The Labute approximate surface area is 203 Å². The van der Waals surface area contributed by atoms with Gasteiger partial charge in [-0.15, -0.1) is 0 Å². The second-order valence-corrected chi connectivity index (χ2v) is 11.6. The molecule has 1 fully saturated rings. The third-order valence-electron chi connectivity index (χ3n) is 4.56. The van der Waals surface area contributed by atoms with Gasteiger partial charge in [-0.1, -0.05) is 11.8 Å². The van der Waals surface area contributed by atoms with Crippen LogP contribution in [0.3, 0.4) is 0 Å². The highest BCUT2D eigenvalue weighted by molar-refractivity contribution is 7.66. The average molecular weight is 596 g/mol. The van der Waals surface area contributed by atoms with Crippen molar-refractivity contribution in [1.82, 2.24) is 14.5 Å². The standard InChI is InChI=1S/C14H17F2N4O14P3/c15-3-1-2-14(23)9(21)7(5-31-36(27,28)34-37(29,30)33-35(24,25)26)32-12(14)20-4-6(16)8-10(20)18-13(17)19-11(8)22/h4,7,9,12,21,23H,3,5H2,(H,27,28)(H,29,30)(H2,24,25,26)(H3,17,18,19,22)/t7-,9+,12-,14?/m1/s1. The first-order valence-corrected chi connectivity index (χ1v) is 13.9. The molecule has 1 saturated heterocycles. The van der Waals surface area contributed by atoms with Crippen LogP contribution in [-0.4, -0.2) is 75.4 Å². The van der Waals surface area contributed by atoms with Gasteiger partial charge in [0, 0.05) is 6.20 Å². The van der Waals surface area contributed by atoms with Crippen molar-refractivity contribution in [3.8, 4) is 11.8 Å². The molecule has 3 unspecified atom stereocenters. The van der Waals surface area contributed by atoms with Gasteiger partial charge >= 0.3 is 23.5 Å². The Kier molecular flexibility index (Phi) is 8.16. The Bertz CT molecular complexity index is 1460. The molecule has 0 aromatic carbocycles. The maximum Gasteiger partial charge on any atom is 0.490 e. The number of aromatic amines is 1. The van der Waals surface area contributed by atoms with Gasteiger partial charge in [-0.05, 0) is 0 Å². The van der Waals surface area contributed by atoms with Gasteiger partial charge in [-0.3, -0.25) is 18.9 Å². The van der Waals surface area contributed by atoms with Gasteiger partial charge in [0.05, 0.1) is 6.61 Å². The number of anilines is 1. The molecule has 3 rings (SSSR count). The molecule has 0 radical (unpaired) electrons. The highest BCUT2D eigenvalue weighted by Crippen LogP contribution is 2.66. The molecule has 0 aliphatic carbocycles. The van der Waals surface area contributed by atoms with Crippen LogP contribution in [0.4, 0.5) is 14.7 Å². The van der Waals surface area contributed by atoms with E-state index in [2.05, 4.69) is 18.1 Å². The van der Waals surface area contributed by atoms with Gasteiger partial charge in [0.2, 0.25) is 5.95 Å². The van der Waals surface area contributed by atoms with Crippen LogP contribution < -0.4 is 11.3 Å². The van der Waals surface area contributed by atoms with E-state index in [0.29, 0.717) is 10.8 Å². The van der Waals surface area contributed by atoms with Crippen LogP contribution in [0.2, 0.25) is 0 Å². The number of phosphoric acid groups is 3. The summed E-state index contributed by atoms with van der Waals surface area (Å²) in [7, 11) is -17.2. The molecule has 2 aromatic rings. The Hall–Kier alpha value is -2.07. The van der Waals surface area contributed by atoms with E-state index in [-0.39, 0.29) is 0 Å². The predicted octanol–water partition coefficient (Wildman–Crippen LogP) is -1.25. The lowest BCUT2D eigenvalue weighted by Crippen LogP contribution is -2.46. The predicted molar refractivity (Wildman–Crippen MR) is 113 cm³/mol. The van der Waals surface area contributed by atoms with Crippen LogP contribution in [0, 0.1) is 17.7 Å². The average Bonchev–Trinajstić information content (AvgIpc) is 3.16. The number of rotatable bonds is 8. The zero-order valence-electron chi connectivity index (χ0n) is 17.7. The number of ether oxygens (including phenoxy) is 1. The minimum Gasteiger partial charge on any atom is -0.386 e.